The van der Waals surface area contributed by atoms with Crippen LogP contribution in [0.25, 0.3) is 11.1 Å². The molecule has 5 heteroatoms. The molecule has 1 N–H and O–H groups in total. The molecule has 0 bridgehead atoms. The Balaban J connectivity index is 1.66. The van der Waals surface area contributed by atoms with E-state index >= 15 is 0 Å². The lowest BCUT2D eigenvalue weighted by molar-refractivity contribution is -0.139. The van der Waals surface area contributed by atoms with E-state index < -0.39 is 5.97 Å². The van der Waals surface area contributed by atoms with E-state index in [4.69, 9.17) is 14.6 Å². The molecule has 0 aromatic heterocycles. The molecule has 132 valence electrons. The molecule has 3 aromatic rings. The summed E-state index contributed by atoms with van der Waals surface area (Å²) in [6, 6.07) is 23.3. The van der Waals surface area contributed by atoms with Gasteiger partial charge in [0.25, 0.3) is 0 Å². The van der Waals surface area contributed by atoms with Gasteiger partial charge in [-0.3, -0.25) is 0 Å². The summed E-state index contributed by atoms with van der Waals surface area (Å²) < 4.78 is 11.9. The summed E-state index contributed by atoms with van der Waals surface area (Å²) >= 11 is 3.55. The van der Waals surface area contributed by atoms with Gasteiger partial charge in [-0.1, -0.05) is 46.3 Å². The molecular formula is C21H17BrO4. The first-order valence-electron chi connectivity index (χ1n) is 8.02. The third-order valence-corrected chi connectivity index (χ3v) is 4.11. The molecule has 26 heavy (non-hydrogen) atoms. The van der Waals surface area contributed by atoms with Crippen molar-refractivity contribution in [2.24, 2.45) is 0 Å². The summed E-state index contributed by atoms with van der Waals surface area (Å²) in [5.41, 5.74) is 3.32. The predicted molar refractivity (Wildman–Crippen MR) is 103 cm³/mol. The van der Waals surface area contributed by atoms with Gasteiger partial charge in [-0.2, -0.15) is 0 Å². The van der Waals surface area contributed by atoms with E-state index in [9.17, 15) is 4.79 Å². The third kappa shape index (κ3) is 5.10. The van der Waals surface area contributed by atoms with Gasteiger partial charge >= 0.3 is 5.97 Å². The van der Waals surface area contributed by atoms with Crippen molar-refractivity contribution in [2.45, 2.75) is 6.61 Å². The van der Waals surface area contributed by atoms with Crippen LogP contribution in [-0.4, -0.2) is 17.7 Å². The summed E-state index contributed by atoms with van der Waals surface area (Å²) in [5.74, 6) is 0.177. The average Bonchev–Trinajstić information content (AvgIpc) is 2.66. The lowest BCUT2D eigenvalue weighted by atomic mass is 10.0. The van der Waals surface area contributed by atoms with Gasteiger partial charge in [-0.15, -0.1) is 0 Å². The van der Waals surface area contributed by atoms with Crippen molar-refractivity contribution in [2.75, 3.05) is 6.61 Å². The van der Waals surface area contributed by atoms with Crippen molar-refractivity contribution in [3.63, 3.8) is 0 Å². The number of benzene rings is 3. The quantitative estimate of drug-likeness (QED) is 0.582. The first-order chi connectivity index (χ1) is 12.6. The molecule has 0 heterocycles. The fourth-order valence-corrected chi connectivity index (χ4v) is 3.02. The Labute approximate surface area is 160 Å². The lowest BCUT2D eigenvalue weighted by Gasteiger charge is -2.10. The maximum atomic E-state index is 10.5. The van der Waals surface area contributed by atoms with Gasteiger partial charge in [0.05, 0.1) is 0 Å². The summed E-state index contributed by atoms with van der Waals surface area (Å²) in [5, 5.41) is 8.61. The minimum atomic E-state index is -1.01. The van der Waals surface area contributed by atoms with E-state index in [2.05, 4.69) is 40.2 Å². The highest BCUT2D eigenvalue weighted by Gasteiger charge is 2.04. The summed E-state index contributed by atoms with van der Waals surface area (Å²) in [6.45, 7) is 0.0646. The van der Waals surface area contributed by atoms with Gasteiger partial charge in [-0.05, 0) is 59.2 Å². The van der Waals surface area contributed by atoms with E-state index in [1.54, 1.807) is 24.3 Å². The van der Waals surface area contributed by atoms with Crippen LogP contribution in [0.3, 0.4) is 0 Å². The minimum Gasteiger partial charge on any atom is -0.489 e. The van der Waals surface area contributed by atoms with E-state index in [1.165, 1.54) is 0 Å². The van der Waals surface area contributed by atoms with E-state index in [0.717, 1.165) is 21.2 Å². The number of ether oxygens (including phenoxy) is 2. The largest absolute Gasteiger partial charge is 0.489 e. The second-order valence-corrected chi connectivity index (χ2v) is 6.57. The topological polar surface area (TPSA) is 55.8 Å². The third-order valence-electron chi connectivity index (χ3n) is 3.66. The molecule has 0 amide bonds. The molecule has 0 atom stereocenters. The van der Waals surface area contributed by atoms with Crippen LogP contribution in [0.5, 0.6) is 11.5 Å². The average molecular weight is 413 g/mol. The first-order valence-corrected chi connectivity index (χ1v) is 8.82. The molecule has 0 aliphatic rings. The van der Waals surface area contributed by atoms with Crippen LogP contribution < -0.4 is 9.47 Å². The van der Waals surface area contributed by atoms with E-state index in [-0.39, 0.29) is 6.61 Å². The maximum Gasteiger partial charge on any atom is 0.341 e. The molecule has 0 spiro atoms. The molecule has 0 fully saturated rings. The van der Waals surface area contributed by atoms with Gasteiger partial charge in [0.2, 0.25) is 0 Å². The molecule has 0 radical (unpaired) electrons. The molecule has 3 rings (SSSR count). The molecule has 0 saturated carbocycles. The molecule has 0 aliphatic carbocycles. The lowest BCUT2D eigenvalue weighted by Crippen LogP contribution is -2.09. The zero-order valence-electron chi connectivity index (χ0n) is 13.9. The Hall–Kier alpha value is -2.79. The van der Waals surface area contributed by atoms with Gasteiger partial charge in [0, 0.05) is 4.47 Å². The first kappa shape index (κ1) is 18.0. The SMILES string of the molecule is O=C(O)COc1ccc(OCc2cc(Br)cc(-c3ccccc3)c2)cc1. The number of hydrogen-bond donors (Lipinski definition) is 1. The van der Waals surface area contributed by atoms with Crippen molar-refractivity contribution in [3.8, 4) is 22.6 Å². The van der Waals surface area contributed by atoms with Crippen molar-refractivity contribution in [3.05, 3.63) is 82.8 Å². The van der Waals surface area contributed by atoms with Crippen molar-refractivity contribution < 1.29 is 19.4 Å². The number of carboxylic acids is 1. The van der Waals surface area contributed by atoms with Crippen LogP contribution in [0.1, 0.15) is 5.56 Å². The second kappa shape index (κ2) is 8.54. The van der Waals surface area contributed by atoms with E-state index in [0.29, 0.717) is 18.1 Å². The number of rotatable bonds is 7. The fraction of sp³-hybridized carbons (Fsp3) is 0.0952. The number of aliphatic carboxylic acids is 1. The smallest absolute Gasteiger partial charge is 0.341 e. The van der Waals surface area contributed by atoms with E-state index in [1.807, 2.05) is 24.3 Å². The Morgan fingerprint density at radius 2 is 1.50 bits per heavy atom. The maximum absolute atomic E-state index is 10.5. The highest BCUT2D eigenvalue weighted by Crippen LogP contribution is 2.26. The van der Waals surface area contributed by atoms with Crippen LogP contribution in [-0.2, 0) is 11.4 Å². The monoisotopic (exact) mass is 412 g/mol. The standard InChI is InChI=1S/C21H17BrO4/c22-18-11-15(10-17(12-18)16-4-2-1-3-5-16)13-25-19-6-8-20(9-7-19)26-14-21(23)24/h1-12H,13-14H2,(H,23,24). The zero-order chi connectivity index (χ0) is 18.4. The van der Waals surface area contributed by atoms with Crippen LogP contribution in [0.15, 0.2) is 77.3 Å². The molecule has 3 aromatic carbocycles. The molecule has 0 saturated heterocycles. The molecular weight excluding hydrogens is 396 g/mol. The van der Waals surface area contributed by atoms with Crippen LogP contribution >= 0.6 is 15.9 Å². The van der Waals surface area contributed by atoms with Crippen LogP contribution in [0.4, 0.5) is 0 Å². The highest BCUT2D eigenvalue weighted by atomic mass is 79.9. The molecule has 0 unspecified atom stereocenters. The minimum absolute atomic E-state index is 0.361. The Kier molecular flexibility index (Phi) is 5.92. The Morgan fingerprint density at radius 3 is 2.15 bits per heavy atom. The van der Waals surface area contributed by atoms with Crippen molar-refractivity contribution in [1.29, 1.82) is 0 Å². The second-order valence-electron chi connectivity index (χ2n) is 5.66. The summed E-state index contributed by atoms with van der Waals surface area (Å²) in [7, 11) is 0. The molecule has 0 aliphatic heterocycles. The number of hydrogen-bond acceptors (Lipinski definition) is 3. The Morgan fingerprint density at radius 1 is 0.846 bits per heavy atom. The Bertz CT molecular complexity index is 876. The number of carbonyl (C=O) groups is 1. The normalized spacial score (nSPS) is 10.3. The van der Waals surface area contributed by atoms with Crippen LogP contribution in [0.2, 0.25) is 0 Å². The van der Waals surface area contributed by atoms with Crippen molar-refractivity contribution in [1.82, 2.24) is 0 Å². The van der Waals surface area contributed by atoms with Gasteiger partial charge < -0.3 is 14.6 Å². The van der Waals surface area contributed by atoms with Crippen molar-refractivity contribution >= 4 is 21.9 Å². The zero-order valence-corrected chi connectivity index (χ0v) is 15.5. The van der Waals surface area contributed by atoms with Crippen LogP contribution in [0, 0.1) is 0 Å². The highest BCUT2D eigenvalue weighted by molar-refractivity contribution is 9.10. The van der Waals surface area contributed by atoms with Gasteiger partial charge in [0.15, 0.2) is 6.61 Å². The van der Waals surface area contributed by atoms with Gasteiger partial charge in [0.1, 0.15) is 18.1 Å². The van der Waals surface area contributed by atoms with Gasteiger partial charge in [-0.25, -0.2) is 4.79 Å². The summed E-state index contributed by atoms with van der Waals surface area (Å²) in [6.07, 6.45) is 0. The number of halogens is 1. The fourth-order valence-electron chi connectivity index (χ4n) is 2.47. The number of carboxylic acid groups (broad SMARTS) is 1. The molecule has 4 nitrogen and oxygen atoms in total. The predicted octanol–water partition coefficient (Wildman–Crippen LogP) is 5.16. The summed E-state index contributed by atoms with van der Waals surface area (Å²) in [4.78, 5) is 10.5.